The summed E-state index contributed by atoms with van der Waals surface area (Å²) >= 11 is 0. The number of rotatable bonds is 4. The summed E-state index contributed by atoms with van der Waals surface area (Å²) in [6, 6.07) is 1.80. The van der Waals surface area contributed by atoms with Gasteiger partial charge in [0.15, 0.2) is 0 Å². The standard InChI is InChI=1S/C9H12N4O/c1-11-8-2-7(4-12-6-8)5-13-9(14)3-10/h2,4,6H,1,3,5,10H2,(H,13,14). The number of aromatic nitrogens is 1. The van der Waals surface area contributed by atoms with Gasteiger partial charge in [0.05, 0.1) is 18.4 Å². The van der Waals surface area contributed by atoms with Gasteiger partial charge in [-0.05, 0) is 18.3 Å². The van der Waals surface area contributed by atoms with Gasteiger partial charge in [-0.3, -0.25) is 14.8 Å². The van der Waals surface area contributed by atoms with Crippen molar-refractivity contribution in [1.29, 1.82) is 0 Å². The van der Waals surface area contributed by atoms with Crippen LogP contribution >= 0.6 is 0 Å². The third kappa shape index (κ3) is 2.95. The Hall–Kier alpha value is -1.75. The highest BCUT2D eigenvalue weighted by Gasteiger charge is 1.98. The van der Waals surface area contributed by atoms with Gasteiger partial charge in [0.1, 0.15) is 0 Å². The first-order valence-electron chi connectivity index (χ1n) is 4.13. The van der Waals surface area contributed by atoms with Crippen LogP contribution in [0, 0.1) is 0 Å². The summed E-state index contributed by atoms with van der Waals surface area (Å²) < 4.78 is 0. The van der Waals surface area contributed by atoms with Crippen molar-refractivity contribution >= 4 is 18.3 Å². The number of nitrogens with one attached hydrogen (secondary N) is 1. The Balaban J connectivity index is 2.58. The zero-order valence-electron chi connectivity index (χ0n) is 7.73. The minimum Gasteiger partial charge on any atom is -0.351 e. The Labute approximate surface area is 82.1 Å². The Kier molecular flexibility index (Phi) is 3.75. The van der Waals surface area contributed by atoms with Crippen LogP contribution in [-0.4, -0.2) is 24.2 Å². The normalized spacial score (nSPS) is 9.50. The largest absolute Gasteiger partial charge is 0.351 e. The van der Waals surface area contributed by atoms with E-state index in [1.165, 1.54) is 0 Å². The van der Waals surface area contributed by atoms with E-state index in [-0.39, 0.29) is 12.5 Å². The second kappa shape index (κ2) is 5.08. The van der Waals surface area contributed by atoms with E-state index in [1.54, 1.807) is 18.5 Å². The van der Waals surface area contributed by atoms with E-state index in [4.69, 9.17) is 5.73 Å². The molecule has 0 atom stereocenters. The minimum absolute atomic E-state index is 0.00712. The van der Waals surface area contributed by atoms with Crippen LogP contribution in [0.15, 0.2) is 23.5 Å². The topological polar surface area (TPSA) is 80.4 Å². The van der Waals surface area contributed by atoms with Gasteiger partial charge in [-0.15, -0.1) is 0 Å². The van der Waals surface area contributed by atoms with Crippen LogP contribution in [0.2, 0.25) is 0 Å². The molecule has 0 bridgehead atoms. The molecule has 0 aliphatic heterocycles. The number of carbonyl (C=O) groups excluding carboxylic acids is 1. The van der Waals surface area contributed by atoms with E-state index in [0.29, 0.717) is 12.2 Å². The quantitative estimate of drug-likeness (QED) is 0.658. The lowest BCUT2D eigenvalue weighted by molar-refractivity contribution is -0.119. The van der Waals surface area contributed by atoms with Gasteiger partial charge in [-0.1, -0.05) is 0 Å². The Morgan fingerprint density at radius 2 is 2.43 bits per heavy atom. The first-order chi connectivity index (χ1) is 6.76. The summed E-state index contributed by atoms with van der Waals surface area (Å²) in [5, 5.41) is 2.63. The maximum absolute atomic E-state index is 10.8. The second-order valence-corrected chi connectivity index (χ2v) is 2.69. The van der Waals surface area contributed by atoms with Gasteiger partial charge >= 0.3 is 0 Å². The molecule has 1 heterocycles. The summed E-state index contributed by atoms with van der Waals surface area (Å²) in [7, 11) is 0. The van der Waals surface area contributed by atoms with Crippen molar-refractivity contribution in [3.8, 4) is 0 Å². The fraction of sp³-hybridized carbons (Fsp3) is 0.222. The third-order valence-corrected chi connectivity index (χ3v) is 1.64. The predicted octanol–water partition coefficient (Wildman–Crippen LogP) is -0.0114. The third-order valence-electron chi connectivity index (χ3n) is 1.64. The molecule has 0 aliphatic rings. The molecule has 14 heavy (non-hydrogen) atoms. The Morgan fingerprint density at radius 3 is 3.07 bits per heavy atom. The molecule has 5 nitrogen and oxygen atoms in total. The van der Waals surface area contributed by atoms with E-state index in [0.717, 1.165) is 5.56 Å². The lowest BCUT2D eigenvalue weighted by atomic mass is 10.2. The average molecular weight is 192 g/mol. The van der Waals surface area contributed by atoms with Crippen molar-refractivity contribution < 1.29 is 4.79 Å². The maximum atomic E-state index is 10.8. The lowest BCUT2D eigenvalue weighted by Crippen LogP contribution is -2.29. The smallest absolute Gasteiger partial charge is 0.234 e. The predicted molar refractivity (Wildman–Crippen MR) is 54.3 cm³/mol. The van der Waals surface area contributed by atoms with Crippen molar-refractivity contribution in [2.75, 3.05) is 6.54 Å². The molecule has 5 heteroatoms. The molecule has 0 aliphatic carbocycles. The van der Waals surface area contributed by atoms with E-state index >= 15 is 0 Å². The second-order valence-electron chi connectivity index (χ2n) is 2.69. The van der Waals surface area contributed by atoms with E-state index in [2.05, 4.69) is 22.0 Å². The summed E-state index contributed by atoms with van der Waals surface area (Å²) in [4.78, 5) is 18.5. The van der Waals surface area contributed by atoms with Gasteiger partial charge in [0, 0.05) is 12.7 Å². The summed E-state index contributed by atoms with van der Waals surface area (Å²) in [6.45, 7) is 3.79. The van der Waals surface area contributed by atoms with Crippen molar-refractivity contribution in [2.45, 2.75) is 6.54 Å². The molecule has 1 aromatic rings. The number of hydrogen-bond acceptors (Lipinski definition) is 4. The fourth-order valence-corrected chi connectivity index (χ4v) is 0.930. The summed E-state index contributed by atoms with van der Waals surface area (Å²) in [6.07, 6.45) is 3.26. The molecule has 0 radical (unpaired) electrons. The zero-order chi connectivity index (χ0) is 10.4. The molecule has 0 aromatic carbocycles. The highest BCUT2D eigenvalue weighted by Crippen LogP contribution is 2.10. The molecule has 1 rings (SSSR count). The molecule has 0 saturated carbocycles. The van der Waals surface area contributed by atoms with E-state index in [9.17, 15) is 4.79 Å². The van der Waals surface area contributed by atoms with E-state index < -0.39 is 0 Å². The maximum Gasteiger partial charge on any atom is 0.234 e. The fourth-order valence-electron chi connectivity index (χ4n) is 0.930. The van der Waals surface area contributed by atoms with Crippen LogP contribution in [0.4, 0.5) is 5.69 Å². The zero-order valence-corrected chi connectivity index (χ0v) is 7.73. The van der Waals surface area contributed by atoms with Crippen molar-refractivity contribution in [3.05, 3.63) is 24.0 Å². The van der Waals surface area contributed by atoms with Crippen LogP contribution < -0.4 is 11.1 Å². The molecule has 0 spiro atoms. The number of amides is 1. The van der Waals surface area contributed by atoms with Crippen LogP contribution in [0.3, 0.4) is 0 Å². The van der Waals surface area contributed by atoms with Crippen LogP contribution in [0.25, 0.3) is 0 Å². The molecule has 1 amide bonds. The summed E-state index contributed by atoms with van der Waals surface area (Å²) in [5.41, 5.74) is 6.69. The molecule has 0 unspecified atom stereocenters. The van der Waals surface area contributed by atoms with Crippen LogP contribution in [-0.2, 0) is 11.3 Å². The highest BCUT2D eigenvalue weighted by atomic mass is 16.1. The van der Waals surface area contributed by atoms with Crippen LogP contribution in [0.1, 0.15) is 5.56 Å². The van der Waals surface area contributed by atoms with Gasteiger partial charge in [0.25, 0.3) is 0 Å². The monoisotopic (exact) mass is 192 g/mol. The van der Waals surface area contributed by atoms with Crippen molar-refractivity contribution in [2.24, 2.45) is 10.7 Å². The SMILES string of the molecule is C=Nc1cncc(CNC(=O)CN)c1. The highest BCUT2D eigenvalue weighted by molar-refractivity contribution is 5.77. The molecule has 1 aromatic heterocycles. The molecular formula is C9H12N4O. The first kappa shape index (κ1) is 10.3. The number of carbonyl (C=O) groups is 1. The van der Waals surface area contributed by atoms with Gasteiger partial charge in [-0.2, -0.15) is 0 Å². The van der Waals surface area contributed by atoms with Gasteiger partial charge < -0.3 is 11.1 Å². The lowest BCUT2D eigenvalue weighted by Gasteiger charge is -2.03. The Morgan fingerprint density at radius 1 is 1.64 bits per heavy atom. The molecule has 0 fully saturated rings. The molecule has 0 saturated heterocycles. The number of hydrogen-bond donors (Lipinski definition) is 2. The molecule has 74 valence electrons. The number of aliphatic imine (C=N–C) groups is 1. The first-order valence-corrected chi connectivity index (χ1v) is 4.13. The average Bonchev–Trinajstić information content (AvgIpc) is 2.26. The number of pyridine rings is 1. The van der Waals surface area contributed by atoms with Crippen molar-refractivity contribution in [3.63, 3.8) is 0 Å². The summed E-state index contributed by atoms with van der Waals surface area (Å²) in [5.74, 6) is -0.193. The Bertz CT molecular complexity index is 337. The number of nitrogens with zero attached hydrogens (tertiary/aromatic N) is 2. The van der Waals surface area contributed by atoms with Gasteiger partial charge in [0.2, 0.25) is 5.91 Å². The minimum atomic E-state index is -0.193. The van der Waals surface area contributed by atoms with Crippen LogP contribution in [0.5, 0.6) is 0 Å². The van der Waals surface area contributed by atoms with E-state index in [1.807, 2.05) is 0 Å². The van der Waals surface area contributed by atoms with Gasteiger partial charge in [-0.25, -0.2) is 0 Å². The number of nitrogens with two attached hydrogens (primary N) is 1. The van der Waals surface area contributed by atoms with Crippen molar-refractivity contribution in [1.82, 2.24) is 10.3 Å². The molecular weight excluding hydrogens is 180 g/mol. The molecule has 3 N–H and O–H groups in total.